The number of nitrogens with zero attached hydrogens (tertiary/aromatic N) is 7. The highest BCUT2D eigenvalue weighted by Crippen LogP contribution is 2.24. The number of ether oxygens (including phenoxy) is 1. The van der Waals surface area contributed by atoms with E-state index in [9.17, 15) is 10.4 Å². The van der Waals surface area contributed by atoms with Crippen molar-refractivity contribution >= 4 is 17.9 Å². The van der Waals surface area contributed by atoms with Crippen LogP contribution in [0.25, 0.3) is 11.3 Å². The second-order valence-corrected chi connectivity index (χ2v) is 8.06. The Kier molecular flexibility index (Phi) is 7.72. The lowest BCUT2D eigenvalue weighted by Gasteiger charge is -2.17. The number of nitriles is 1. The number of aliphatic hydroxyl groups excluding tert-OH is 1. The molecular formula is C25H26N8O2. The van der Waals surface area contributed by atoms with Crippen molar-refractivity contribution < 1.29 is 9.84 Å². The number of hydrogen-bond acceptors (Lipinski definition) is 10. The van der Waals surface area contributed by atoms with E-state index in [4.69, 9.17) is 15.6 Å². The molecule has 0 radical (unpaired) electrons. The van der Waals surface area contributed by atoms with Crippen LogP contribution in [0.4, 0.5) is 5.95 Å². The van der Waals surface area contributed by atoms with Crippen molar-refractivity contribution in [1.29, 1.82) is 5.26 Å². The number of aliphatic hydroxyl groups is 1. The minimum atomic E-state index is -0.432. The van der Waals surface area contributed by atoms with E-state index in [0.717, 1.165) is 17.0 Å². The minimum absolute atomic E-state index is 0.337. The maximum Gasteiger partial charge on any atom is 0.226 e. The first kappa shape index (κ1) is 23.9. The summed E-state index contributed by atoms with van der Waals surface area (Å²) in [6.45, 7) is 1.84. The van der Waals surface area contributed by atoms with Gasteiger partial charge in [-0.15, -0.1) is 0 Å². The Morgan fingerprint density at radius 2 is 2.06 bits per heavy atom. The number of nitrogens with two attached hydrogens (primary N) is 1. The van der Waals surface area contributed by atoms with Gasteiger partial charge in [-0.3, -0.25) is 9.98 Å². The van der Waals surface area contributed by atoms with Crippen molar-refractivity contribution in [2.75, 3.05) is 25.1 Å². The molecule has 3 heterocycles. The number of anilines is 1. The van der Waals surface area contributed by atoms with Gasteiger partial charge < -0.3 is 20.6 Å². The zero-order valence-electron chi connectivity index (χ0n) is 19.4. The maximum absolute atomic E-state index is 10.0. The zero-order chi connectivity index (χ0) is 24.6. The van der Waals surface area contributed by atoms with Gasteiger partial charge in [0.15, 0.2) is 0 Å². The van der Waals surface area contributed by atoms with E-state index >= 15 is 0 Å². The van der Waals surface area contributed by atoms with Crippen LogP contribution in [-0.2, 0) is 17.9 Å². The molecule has 3 N–H and O–H groups in total. The molecule has 0 aliphatic carbocycles. The second kappa shape index (κ2) is 11.3. The van der Waals surface area contributed by atoms with Crippen LogP contribution in [0.15, 0.2) is 58.6 Å². The molecule has 1 aromatic carbocycles. The monoisotopic (exact) mass is 470 g/mol. The molecule has 178 valence electrons. The number of hydrogen-bond donors (Lipinski definition) is 2. The summed E-state index contributed by atoms with van der Waals surface area (Å²) in [5, 5.41) is 23.2. The van der Waals surface area contributed by atoms with Gasteiger partial charge in [0, 0.05) is 25.8 Å². The van der Waals surface area contributed by atoms with Crippen molar-refractivity contribution in [3.63, 3.8) is 0 Å². The van der Waals surface area contributed by atoms with Crippen molar-refractivity contribution in [3.05, 3.63) is 71.2 Å². The third kappa shape index (κ3) is 6.03. The van der Waals surface area contributed by atoms with E-state index in [1.54, 1.807) is 37.6 Å². The van der Waals surface area contributed by atoms with E-state index in [2.05, 4.69) is 26.1 Å². The third-order valence-electron chi connectivity index (χ3n) is 5.47. The smallest absolute Gasteiger partial charge is 0.226 e. The van der Waals surface area contributed by atoms with E-state index in [-0.39, 0.29) is 0 Å². The first-order chi connectivity index (χ1) is 17.1. The Hall–Kier alpha value is -4.20. The Morgan fingerprint density at radius 3 is 2.80 bits per heavy atom. The van der Waals surface area contributed by atoms with E-state index in [1.807, 2.05) is 29.2 Å². The average molecular weight is 471 g/mol. The van der Waals surface area contributed by atoms with Crippen LogP contribution in [0.3, 0.4) is 0 Å². The van der Waals surface area contributed by atoms with Crippen LogP contribution >= 0.6 is 0 Å². The summed E-state index contributed by atoms with van der Waals surface area (Å²) >= 11 is 0. The first-order valence-electron chi connectivity index (χ1n) is 11.1. The Morgan fingerprint density at radius 1 is 1.23 bits per heavy atom. The highest BCUT2D eigenvalue weighted by Gasteiger charge is 2.24. The van der Waals surface area contributed by atoms with Crippen molar-refractivity contribution in [2.45, 2.75) is 25.7 Å². The van der Waals surface area contributed by atoms with E-state index < -0.39 is 6.10 Å². The summed E-state index contributed by atoms with van der Waals surface area (Å²) in [7, 11) is 1.63. The van der Waals surface area contributed by atoms with Gasteiger partial charge in [0.1, 0.15) is 5.71 Å². The van der Waals surface area contributed by atoms with E-state index in [0.29, 0.717) is 61.3 Å². The van der Waals surface area contributed by atoms with Crippen molar-refractivity contribution in [2.24, 2.45) is 15.9 Å². The van der Waals surface area contributed by atoms with Crippen LogP contribution in [0, 0.1) is 11.3 Å². The SMILES string of the molecule is COCc1cccc(CN=C/C(=N\N)c2cc(-c3cccc(C#N)c3)nc(N3CC[C@@H](O)C3)n2)n1. The van der Waals surface area contributed by atoms with Crippen LogP contribution in [0.1, 0.15) is 29.1 Å². The Balaban J connectivity index is 1.65. The lowest BCUT2D eigenvalue weighted by molar-refractivity contribution is 0.181. The molecule has 0 amide bonds. The summed E-state index contributed by atoms with van der Waals surface area (Å²) in [5.74, 6) is 6.17. The molecule has 0 saturated carbocycles. The topological polar surface area (TPSA) is 146 Å². The molecule has 10 nitrogen and oxygen atoms in total. The van der Waals surface area contributed by atoms with Gasteiger partial charge >= 0.3 is 0 Å². The van der Waals surface area contributed by atoms with Crippen molar-refractivity contribution in [3.8, 4) is 17.3 Å². The fraction of sp³-hybridized carbons (Fsp3) is 0.280. The number of aliphatic imine (C=N–C) groups is 1. The molecule has 4 rings (SSSR count). The summed E-state index contributed by atoms with van der Waals surface area (Å²) in [4.78, 5) is 20.2. The van der Waals surface area contributed by atoms with E-state index in [1.165, 1.54) is 0 Å². The van der Waals surface area contributed by atoms with Gasteiger partial charge in [0.05, 0.1) is 59.9 Å². The minimum Gasteiger partial charge on any atom is -0.391 e. The molecule has 10 heteroatoms. The zero-order valence-corrected chi connectivity index (χ0v) is 19.4. The second-order valence-electron chi connectivity index (χ2n) is 8.06. The summed E-state index contributed by atoms with van der Waals surface area (Å²) in [6, 6.07) is 16.8. The number of methoxy groups -OCH3 is 1. The lowest BCUT2D eigenvalue weighted by atomic mass is 10.1. The number of benzene rings is 1. The standard InChI is InChI=1S/C25H26N8O2/c1-35-16-20-7-3-6-19(29-20)13-28-14-24(32-27)23-11-22(18-5-2-4-17(10-18)12-26)30-25(31-23)33-9-8-21(34)15-33/h2-7,10-11,14,21,34H,8-9,13,15-16,27H2,1H3/b28-14?,32-24+/t21-/m1/s1. The summed E-state index contributed by atoms with van der Waals surface area (Å²) < 4.78 is 5.13. The fourth-order valence-corrected chi connectivity index (χ4v) is 3.76. The number of β-amino-alcohol motifs (C(OH)–C–C–N with tert-alkyl or cyclic N) is 1. The molecule has 0 unspecified atom stereocenters. The van der Waals surface area contributed by atoms with Gasteiger partial charge in [0.2, 0.25) is 5.95 Å². The van der Waals surface area contributed by atoms with Gasteiger partial charge in [-0.1, -0.05) is 18.2 Å². The number of rotatable bonds is 8. The predicted molar refractivity (Wildman–Crippen MR) is 133 cm³/mol. The Labute approximate surface area is 203 Å². The molecule has 2 aromatic heterocycles. The van der Waals surface area contributed by atoms with Crippen LogP contribution < -0.4 is 10.7 Å². The molecule has 1 saturated heterocycles. The molecule has 1 fully saturated rings. The molecular weight excluding hydrogens is 444 g/mol. The van der Waals surface area contributed by atoms with Gasteiger partial charge in [0.25, 0.3) is 0 Å². The quantitative estimate of drug-likeness (QED) is 0.289. The largest absolute Gasteiger partial charge is 0.391 e. The van der Waals surface area contributed by atoms with Crippen molar-refractivity contribution in [1.82, 2.24) is 15.0 Å². The predicted octanol–water partition coefficient (Wildman–Crippen LogP) is 2.06. The number of hydrazone groups is 1. The molecule has 0 spiro atoms. The van der Waals surface area contributed by atoms with Gasteiger partial charge in [-0.25, -0.2) is 9.97 Å². The average Bonchev–Trinajstić information content (AvgIpc) is 3.33. The molecule has 35 heavy (non-hydrogen) atoms. The highest BCUT2D eigenvalue weighted by atomic mass is 16.5. The fourth-order valence-electron chi connectivity index (χ4n) is 3.76. The van der Waals surface area contributed by atoms with Crippen LogP contribution in [0.5, 0.6) is 0 Å². The summed E-state index contributed by atoms with van der Waals surface area (Å²) in [6.07, 6.45) is 1.77. The number of aromatic nitrogens is 3. The molecule has 1 aliphatic heterocycles. The van der Waals surface area contributed by atoms with Gasteiger partial charge in [-0.2, -0.15) is 10.4 Å². The molecule has 0 bridgehead atoms. The molecule has 1 aliphatic rings. The highest BCUT2D eigenvalue weighted by molar-refractivity contribution is 6.37. The molecule has 3 aromatic rings. The maximum atomic E-state index is 10.0. The molecule has 1 atom stereocenters. The lowest BCUT2D eigenvalue weighted by Crippen LogP contribution is -2.24. The first-order valence-corrected chi connectivity index (χ1v) is 11.1. The Bertz CT molecular complexity index is 1280. The van der Waals surface area contributed by atoms with Crippen LogP contribution in [0.2, 0.25) is 0 Å². The summed E-state index contributed by atoms with van der Waals surface area (Å²) in [5.41, 5.74) is 4.38. The van der Waals surface area contributed by atoms with Gasteiger partial charge in [-0.05, 0) is 36.8 Å². The van der Waals surface area contributed by atoms with Crippen LogP contribution in [-0.4, -0.2) is 58.3 Å². The number of pyridine rings is 1. The third-order valence-corrected chi connectivity index (χ3v) is 5.47. The normalized spacial score (nSPS) is 16.1.